The van der Waals surface area contributed by atoms with E-state index in [2.05, 4.69) is 10.6 Å². The predicted molar refractivity (Wildman–Crippen MR) is 171 cm³/mol. The minimum absolute atomic E-state index is 0.0807. The van der Waals surface area contributed by atoms with Gasteiger partial charge in [-0.05, 0) is 61.4 Å². The summed E-state index contributed by atoms with van der Waals surface area (Å²) >= 11 is 2.44. The minimum atomic E-state index is -5.08. The van der Waals surface area contributed by atoms with Crippen LogP contribution < -0.4 is 16.4 Å². The Morgan fingerprint density at radius 1 is 1.09 bits per heavy atom. The topological polar surface area (TPSA) is 220 Å². The molecule has 0 aliphatic heterocycles. The summed E-state index contributed by atoms with van der Waals surface area (Å²) in [6.07, 6.45) is -1.99. The first-order chi connectivity index (χ1) is 21.3. The summed E-state index contributed by atoms with van der Waals surface area (Å²) < 4.78 is 70.4. The Bertz CT molecular complexity index is 1730. The number of rotatable bonds is 12. The first-order valence-electron chi connectivity index (χ1n) is 13.1. The van der Waals surface area contributed by atoms with Crippen molar-refractivity contribution < 1.29 is 50.6 Å². The molecule has 0 bridgehead atoms. The Morgan fingerprint density at radius 2 is 1.72 bits per heavy atom. The lowest BCUT2D eigenvalue weighted by molar-refractivity contribution is -0.192. The number of aliphatic carboxylic acids is 1. The van der Waals surface area contributed by atoms with Crippen molar-refractivity contribution in [1.29, 1.82) is 5.41 Å². The van der Waals surface area contributed by atoms with E-state index in [0.29, 0.717) is 51.7 Å². The molecule has 1 heterocycles. The Hall–Kier alpha value is -3.41. The van der Waals surface area contributed by atoms with Crippen molar-refractivity contribution in [2.24, 2.45) is 5.73 Å². The van der Waals surface area contributed by atoms with Crippen LogP contribution >= 0.6 is 30.7 Å². The molecule has 12 nitrogen and oxygen atoms in total. The smallest absolute Gasteiger partial charge is 0.475 e. The minimum Gasteiger partial charge on any atom is -0.475 e. The zero-order valence-electron chi connectivity index (χ0n) is 24.4. The molecule has 3 aromatic rings. The number of halogens is 3. The number of sulfone groups is 1. The van der Waals surface area contributed by atoms with Gasteiger partial charge >= 0.3 is 25.8 Å². The second-order valence-electron chi connectivity index (χ2n) is 9.54. The van der Waals surface area contributed by atoms with Crippen LogP contribution in [0.5, 0.6) is 0 Å². The molecule has 2 aromatic carbocycles. The second kappa shape index (κ2) is 16.4. The summed E-state index contributed by atoms with van der Waals surface area (Å²) in [5.74, 6) is -2.95. The van der Waals surface area contributed by atoms with Gasteiger partial charge in [-0.1, -0.05) is 30.7 Å². The Labute approximate surface area is 271 Å². The lowest BCUT2D eigenvalue weighted by Crippen LogP contribution is -2.29. The third kappa shape index (κ3) is 11.4. The van der Waals surface area contributed by atoms with E-state index in [9.17, 15) is 30.9 Å². The zero-order valence-corrected chi connectivity index (χ0v) is 27.8. The monoisotopic (exact) mass is 724 g/mol. The van der Waals surface area contributed by atoms with Gasteiger partial charge in [-0.3, -0.25) is 9.97 Å². The molecule has 252 valence electrons. The molecule has 0 spiro atoms. The number of urea groups is 1. The molecule has 19 heteroatoms. The third-order valence-corrected chi connectivity index (χ3v) is 11.3. The van der Waals surface area contributed by atoms with Gasteiger partial charge in [0.1, 0.15) is 5.84 Å². The molecule has 0 aliphatic rings. The maximum absolute atomic E-state index is 13.6. The van der Waals surface area contributed by atoms with Gasteiger partial charge < -0.3 is 31.3 Å². The summed E-state index contributed by atoms with van der Waals surface area (Å²) in [5, 5.41) is 20.4. The zero-order chi connectivity index (χ0) is 34.9. The number of anilines is 1. The molecule has 8 N–H and O–H groups in total. The molecule has 0 radical (unpaired) electrons. The average Bonchev–Trinajstić information content (AvgIpc) is 3.40. The molecule has 0 unspecified atom stereocenters. The van der Waals surface area contributed by atoms with Crippen molar-refractivity contribution in [3.8, 4) is 11.1 Å². The number of carboxylic acids is 1. The normalized spacial score (nSPS) is 11.7. The van der Waals surface area contributed by atoms with E-state index in [1.807, 2.05) is 13.0 Å². The van der Waals surface area contributed by atoms with Gasteiger partial charge in [0.25, 0.3) is 0 Å². The number of benzene rings is 2. The van der Waals surface area contributed by atoms with Gasteiger partial charge in [0.15, 0.2) is 0 Å². The molecule has 0 saturated heterocycles. The molecule has 0 fully saturated rings. The number of carbonyl (C=O) groups excluding carboxylic acids is 1. The van der Waals surface area contributed by atoms with Gasteiger partial charge in [0, 0.05) is 18.3 Å². The first-order valence-corrected chi connectivity index (χ1v) is 18.5. The molecule has 1 aromatic heterocycles. The SMILES string of the molecule is CSc1sc(C(=N)N)cc1S(=O)(=O)c1cccc(-c2c(C)cccc2NC(=O)NCCCCCP(=O)(O)O)c1.O=C(O)C(F)(F)F. The van der Waals surface area contributed by atoms with Crippen LogP contribution in [0.15, 0.2) is 62.5 Å². The number of thioether (sulfide) groups is 1. The van der Waals surface area contributed by atoms with Gasteiger partial charge in [-0.15, -0.1) is 23.1 Å². The van der Waals surface area contributed by atoms with Crippen molar-refractivity contribution in [2.75, 3.05) is 24.3 Å². The van der Waals surface area contributed by atoms with Crippen LogP contribution in [0.2, 0.25) is 0 Å². The summed E-state index contributed by atoms with van der Waals surface area (Å²) in [5.41, 5.74) is 8.21. The van der Waals surface area contributed by atoms with Crippen LogP contribution in [-0.4, -0.2) is 66.3 Å². The number of nitrogens with one attached hydrogen (secondary N) is 3. The van der Waals surface area contributed by atoms with Crippen molar-refractivity contribution in [3.63, 3.8) is 0 Å². The van der Waals surface area contributed by atoms with Crippen LogP contribution in [0, 0.1) is 12.3 Å². The summed E-state index contributed by atoms with van der Waals surface area (Å²) in [4.78, 5) is 39.9. The fourth-order valence-corrected chi connectivity index (χ4v) is 8.45. The van der Waals surface area contributed by atoms with E-state index in [1.165, 1.54) is 23.9 Å². The number of hydrogen-bond acceptors (Lipinski definition) is 8. The molecular formula is C27H32F3N4O8PS3. The van der Waals surface area contributed by atoms with Gasteiger partial charge in [0.05, 0.1) is 24.6 Å². The van der Waals surface area contributed by atoms with Crippen molar-refractivity contribution in [2.45, 2.75) is 46.4 Å². The fraction of sp³-hybridized carbons (Fsp3) is 0.296. The van der Waals surface area contributed by atoms with Crippen LogP contribution in [0.3, 0.4) is 0 Å². The molecule has 0 saturated carbocycles. The number of alkyl halides is 3. The highest BCUT2D eigenvalue weighted by atomic mass is 32.2. The van der Waals surface area contributed by atoms with E-state index < -0.39 is 35.6 Å². The first kappa shape index (κ1) is 38.8. The number of nitrogen functional groups attached to an aromatic ring is 1. The van der Waals surface area contributed by atoms with Gasteiger partial charge in [-0.25, -0.2) is 18.0 Å². The highest BCUT2D eigenvalue weighted by Gasteiger charge is 2.38. The van der Waals surface area contributed by atoms with E-state index >= 15 is 0 Å². The second-order valence-corrected chi connectivity index (χ2v) is 15.4. The van der Waals surface area contributed by atoms with Crippen LogP contribution in [0.4, 0.5) is 23.7 Å². The third-order valence-electron chi connectivity index (χ3n) is 6.01. The molecular weight excluding hydrogens is 692 g/mol. The molecule has 46 heavy (non-hydrogen) atoms. The van der Waals surface area contributed by atoms with Crippen molar-refractivity contribution in [1.82, 2.24) is 5.32 Å². The number of hydrogen-bond donors (Lipinski definition) is 7. The van der Waals surface area contributed by atoms with E-state index in [0.717, 1.165) is 16.9 Å². The number of nitrogens with two attached hydrogens (primary N) is 1. The molecule has 0 aliphatic carbocycles. The number of unbranched alkanes of at least 4 members (excludes halogenated alkanes) is 2. The number of amidine groups is 1. The lowest BCUT2D eigenvalue weighted by Gasteiger charge is -2.16. The number of aryl methyl sites for hydroxylation is 1. The maximum Gasteiger partial charge on any atom is 0.490 e. The number of amides is 2. The molecule has 0 atom stereocenters. The summed E-state index contributed by atoms with van der Waals surface area (Å²) in [6.45, 7) is 2.20. The Morgan fingerprint density at radius 3 is 2.28 bits per heavy atom. The van der Waals surface area contributed by atoms with Crippen LogP contribution in [0.1, 0.15) is 29.7 Å². The Balaban J connectivity index is 0.000000942. The standard InChI is InChI=1S/C25H31N4O6PS3.C2HF3O2/c1-16-8-6-11-19(29-25(30)28-12-4-3-5-13-36(31,32)33)22(16)17-9-7-10-18(14-17)39(34,35)21-15-20(23(26)27)38-24(21)37-2;3-2(4,5)1(6)7/h6-11,14-15H,3-5,12-13H2,1-2H3,(H3,26,27)(H2,28,29,30)(H2,31,32,33);(H,6,7). The Kier molecular flexibility index (Phi) is 13.8. The average molecular weight is 725 g/mol. The highest BCUT2D eigenvalue weighted by molar-refractivity contribution is 8.01. The fourth-order valence-electron chi connectivity index (χ4n) is 3.91. The van der Waals surface area contributed by atoms with Gasteiger partial charge in [0.2, 0.25) is 9.84 Å². The summed E-state index contributed by atoms with van der Waals surface area (Å²) in [7, 11) is -7.92. The van der Waals surface area contributed by atoms with Crippen LogP contribution in [0.25, 0.3) is 11.1 Å². The van der Waals surface area contributed by atoms with Crippen LogP contribution in [-0.2, 0) is 19.2 Å². The predicted octanol–water partition coefficient (Wildman–Crippen LogP) is 5.67. The summed E-state index contributed by atoms with van der Waals surface area (Å²) in [6, 6.07) is 12.9. The van der Waals surface area contributed by atoms with E-state index in [1.54, 1.807) is 36.6 Å². The highest BCUT2D eigenvalue weighted by Crippen LogP contribution is 2.39. The van der Waals surface area contributed by atoms with Gasteiger partial charge in [-0.2, -0.15) is 13.2 Å². The van der Waals surface area contributed by atoms with E-state index in [-0.39, 0.29) is 21.8 Å². The number of carboxylic acid groups (broad SMARTS) is 1. The van der Waals surface area contributed by atoms with Crippen molar-refractivity contribution in [3.05, 3.63) is 59.0 Å². The molecule has 3 rings (SSSR count). The quantitative estimate of drug-likeness (QED) is 0.0399. The lowest BCUT2D eigenvalue weighted by atomic mass is 9.98. The number of thiophene rings is 1. The maximum atomic E-state index is 13.6. The van der Waals surface area contributed by atoms with Crippen molar-refractivity contribution >= 4 is 64.1 Å². The largest absolute Gasteiger partial charge is 0.490 e. The molecule has 2 amide bonds. The van der Waals surface area contributed by atoms with E-state index in [4.69, 9.17) is 30.8 Å². The number of carbonyl (C=O) groups is 2.